The first-order valence-electron chi connectivity index (χ1n) is 8.53. The lowest BCUT2D eigenvalue weighted by molar-refractivity contribution is -0.137. The highest BCUT2D eigenvalue weighted by molar-refractivity contribution is 6.38. The Labute approximate surface area is 183 Å². The Morgan fingerprint density at radius 1 is 1.03 bits per heavy atom. The van der Waals surface area contributed by atoms with Crippen LogP contribution < -0.4 is 5.32 Å². The molecule has 0 saturated heterocycles. The molecule has 0 atom stereocenters. The molecule has 3 rings (SSSR count). The molecule has 31 heavy (non-hydrogen) atoms. The molecule has 0 radical (unpaired) electrons. The molecule has 1 aromatic heterocycles. The second-order valence-corrected chi connectivity index (χ2v) is 7.03. The molecule has 0 aliphatic rings. The molecule has 5 nitrogen and oxygen atoms in total. The molecule has 0 saturated carbocycles. The number of carbonyl (C=O) groups excluding carboxylic acids is 1. The molecule has 0 spiro atoms. The minimum absolute atomic E-state index is 0.0431. The van der Waals surface area contributed by atoms with E-state index in [0.29, 0.717) is 0 Å². The predicted octanol–water partition coefficient (Wildman–Crippen LogP) is 6.62. The number of alkyl halides is 3. The van der Waals surface area contributed by atoms with Crippen LogP contribution in [0.1, 0.15) is 21.7 Å². The Hall–Kier alpha value is -3.23. The van der Waals surface area contributed by atoms with Gasteiger partial charge in [-0.1, -0.05) is 35.3 Å². The summed E-state index contributed by atoms with van der Waals surface area (Å²) in [4.78, 5) is 23.3. The molecule has 0 bridgehead atoms. The van der Waals surface area contributed by atoms with Gasteiger partial charge in [-0.25, -0.2) is 4.79 Å². The van der Waals surface area contributed by atoms with Crippen LogP contribution in [-0.4, -0.2) is 17.0 Å². The molecule has 1 amide bonds. The zero-order valence-electron chi connectivity index (χ0n) is 15.3. The summed E-state index contributed by atoms with van der Waals surface area (Å²) in [5.74, 6) is -1.52. The number of carboxylic acid groups (broad SMARTS) is 1. The maximum absolute atomic E-state index is 12.9. The normalized spacial score (nSPS) is 11.6. The van der Waals surface area contributed by atoms with Gasteiger partial charge >= 0.3 is 12.1 Å². The average Bonchev–Trinajstić information content (AvgIpc) is 3.17. The van der Waals surface area contributed by atoms with Gasteiger partial charge in [-0.2, -0.15) is 13.2 Å². The second kappa shape index (κ2) is 8.87. The van der Waals surface area contributed by atoms with Crippen molar-refractivity contribution in [3.8, 4) is 11.3 Å². The molecule has 0 unspecified atom stereocenters. The van der Waals surface area contributed by atoms with Gasteiger partial charge in [-0.3, -0.25) is 4.79 Å². The van der Waals surface area contributed by atoms with Crippen molar-refractivity contribution in [3.63, 3.8) is 0 Å². The summed E-state index contributed by atoms with van der Waals surface area (Å²) in [6, 6.07) is 9.93. The Balaban J connectivity index is 1.74. The quantitative estimate of drug-likeness (QED) is 0.411. The second-order valence-electron chi connectivity index (χ2n) is 6.22. The van der Waals surface area contributed by atoms with E-state index in [1.54, 1.807) is 0 Å². The predicted molar refractivity (Wildman–Crippen MR) is 110 cm³/mol. The van der Waals surface area contributed by atoms with Gasteiger partial charge in [0.25, 0.3) is 0 Å². The number of anilines is 1. The van der Waals surface area contributed by atoms with Gasteiger partial charge in [0, 0.05) is 11.6 Å². The van der Waals surface area contributed by atoms with Crippen molar-refractivity contribution in [2.75, 3.05) is 5.32 Å². The third kappa shape index (κ3) is 5.48. The fraction of sp³-hybridized carbons (Fsp3) is 0.0476. The number of rotatable bonds is 5. The third-order valence-electron chi connectivity index (χ3n) is 4.05. The van der Waals surface area contributed by atoms with Crippen LogP contribution in [0.5, 0.6) is 0 Å². The van der Waals surface area contributed by atoms with E-state index in [1.807, 2.05) is 0 Å². The first-order valence-corrected chi connectivity index (χ1v) is 9.29. The van der Waals surface area contributed by atoms with Crippen LogP contribution in [0.2, 0.25) is 10.0 Å². The van der Waals surface area contributed by atoms with E-state index in [2.05, 4.69) is 5.32 Å². The topological polar surface area (TPSA) is 79.5 Å². The van der Waals surface area contributed by atoms with Crippen LogP contribution in [0.15, 0.2) is 59.0 Å². The molecule has 0 aliphatic heterocycles. The van der Waals surface area contributed by atoms with Gasteiger partial charge < -0.3 is 14.8 Å². The summed E-state index contributed by atoms with van der Waals surface area (Å²) >= 11 is 11.8. The van der Waals surface area contributed by atoms with Crippen LogP contribution in [0.25, 0.3) is 17.4 Å². The van der Waals surface area contributed by atoms with Crippen LogP contribution in [-0.2, 0) is 11.0 Å². The maximum atomic E-state index is 12.9. The zero-order valence-corrected chi connectivity index (χ0v) is 16.8. The van der Waals surface area contributed by atoms with E-state index in [1.165, 1.54) is 36.4 Å². The third-order valence-corrected chi connectivity index (χ3v) is 4.67. The van der Waals surface area contributed by atoms with Crippen LogP contribution >= 0.6 is 23.2 Å². The monoisotopic (exact) mass is 469 g/mol. The van der Waals surface area contributed by atoms with Crippen molar-refractivity contribution < 1.29 is 32.3 Å². The Morgan fingerprint density at radius 2 is 1.77 bits per heavy atom. The first kappa shape index (κ1) is 22.5. The molecule has 2 N–H and O–H groups in total. The van der Waals surface area contributed by atoms with Crippen LogP contribution in [0, 0.1) is 0 Å². The van der Waals surface area contributed by atoms with Gasteiger partial charge in [0.2, 0.25) is 5.91 Å². The number of carbonyl (C=O) groups is 2. The molecule has 0 aliphatic carbocycles. The molecular formula is C21H12Cl2F3NO4. The number of hydrogen-bond donors (Lipinski definition) is 2. The Morgan fingerprint density at radius 3 is 2.45 bits per heavy atom. The van der Waals surface area contributed by atoms with Gasteiger partial charge in [-0.15, -0.1) is 0 Å². The Bertz CT molecular complexity index is 1190. The average molecular weight is 470 g/mol. The highest BCUT2D eigenvalue weighted by atomic mass is 35.5. The molecule has 10 heteroatoms. The number of carboxylic acids is 1. The molecular weight excluding hydrogens is 458 g/mol. The van der Waals surface area contributed by atoms with Gasteiger partial charge in [0.15, 0.2) is 0 Å². The van der Waals surface area contributed by atoms with E-state index in [-0.39, 0.29) is 38.4 Å². The van der Waals surface area contributed by atoms with Crippen molar-refractivity contribution in [3.05, 3.63) is 81.5 Å². The number of hydrogen-bond acceptors (Lipinski definition) is 3. The number of aromatic carboxylic acids is 1. The molecule has 160 valence electrons. The van der Waals surface area contributed by atoms with E-state index >= 15 is 0 Å². The van der Waals surface area contributed by atoms with E-state index < -0.39 is 23.6 Å². The van der Waals surface area contributed by atoms with Gasteiger partial charge in [0.05, 0.1) is 26.9 Å². The number of benzene rings is 2. The molecule has 2 aromatic carbocycles. The minimum atomic E-state index is -4.48. The van der Waals surface area contributed by atoms with Crippen molar-refractivity contribution in [1.29, 1.82) is 0 Å². The van der Waals surface area contributed by atoms with Crippen molar-refractivity contribution >= 4 is 46.8 Å². The summed E-state index contributed by atoms with van der Waals surface area (Å²) in [5.41, 5.74) is -0.768. The largest absolute Gasteiger partial charge is 0.478 e. The number of nitrogens with one attached hydrogen (secondary N) is 1. The number of halogens is 5. The zero-order chi connectivity index (χ0) is 22.8. The first-order chi connectivity index (χ1) is 14.5. The van der Waals surface area contributed by atoms with Crippen molar-refractivity contribution in [2.45, 2.75) is 6.18 Å². The molecule has 1 heterocycles. The standard InChI is InChI=1S/C21H12Cl2F3NO4/c22-15-10-16(23)17(9-14(15)20(29)30)27-19(28)7-5-13-4-6-18(31-13)11-2-1-3-12(8-11)21(24,25)26/h1-10H,(H,27,28)(H,29,30)/b7-5+. The number of amides is 1. The fourth-order valence-corrected chi connectivity index (χ4v) is 3.10. The highest BCUT2D eigenvalue weighted by Gasteiger charge is 2.30. The Kier molecular flexibility index (Phi) is 6.42. The summed E-state index contributed by atoms with van der Waals surface area (Å²) in [6.07, 6.45) is -2.08. The van der Waals surface area contributed by atoms with Crippen LogP contribution in [0.4, 0.5) is 18.9 Å². The SMILES string of the molecule is O=C(/C=C/c1ccc(-c2cccc(C(F)(F)F)c2)o1)Nc1cc(C(=O)O)c(Cl)cc1Cl. The smallest absolute Gasteiger partial charge is 0.416 e. The lowest BCUT2D eigenvalue weighted by atomic mass is 10.1. The van der Waals surface area contributed by atoms with Gasteiger partial charge in [0.1, 0.15) is 11.5 Å². The highest BCUT2D eigenvalue weighted by Crippen LogP contribution is 2.33. The fourth-order valence-electron chi connectivity index (χ4n) is 2.59. The van der Waals surface area contributed by atoms with Crippen molar-refractivity contribution in [2.24, 2.45) is 0 Å². The minimum Gasteiger partial charge on any atom is -0.478 e. The lowest BCUT2D eigenvalue weighted by Crippen LogP contribution is -2.09. The number of furan rings is 1. The van der Waals surface area contributed by atoms with Crippen LogP contribution in [0.3, 0.4) is 0 Å². The van der Waals surface area contributed by atoms with E-state index in [9.17, 15) is 22.8 Å². The molecule has 0 fully saturated rings. The van der Waals surface area contributed by atoms with Crippen molar-refractivity contribution in [1.82, 2.24) is 0 Å². The van der Waals surface area contributed by atoms with Gasteiger partial charge in [-0.05, 0) is 42.5 Å². The maximum Gasteiger partial charge on any atom is 0.416 e. The summed E-state index contributed by atoms with van der Waals surface area (Å²) < 4.78 is 44.1. The summed E-state index contributed by atoms with van der Waals surface area (Å²) in [7, 11) is 0. The molecule has 3 aromatic rings. The summed E-state index contributed by atoms with van der Waals surface area (Å²) in [5, 5.41) is 11.5. The van der Waals surface area contributed by atoms with E-state index in [4.69, 9.17) is 32.7 Å². The van der Waals surface area contributed by atoms with E-state index in [0.717, 1.165) is 24.3 Å². The lowest BCUT2D eigenvalue weighted by Gasteiger charge is -2.08. The summed E-state index contributed by atoms with van der Waals surface area (Å²) in [6.45, 7) is 0.